The SMILES string of the molecule is CC[C@@H](NC(=O)C(C)C(C)C)C(=O)O. The van der Waals surface area contributed by atoms with Gasteiger partial charge in [0.2, 0.25) is 5.91 Å². The van der Waals surface area contributed by atoms with Crippen LogP contribution in [0.1, 0.15) is 34.1 Å². The van der Waals surface area contributed by atoms with Crippen LogP contribution in [0.5, 0.6) is 0 Å². The molecule has 0 aromatic rings. The molecular formula is C10H19NO3. The van der Waals surface area contributed by atoms with Gasteiger partial charge in [-0.2, -0.15) is 0 Å². The molecule has 0 fully saturated rings. The Bertz CT molecular complexity index is 213. The van der Waals surface area contributed by atoms with Gasteiger partial charge in [-0.05, 0) is 12.3 Å². The van der Waals surface area contributed by atoms with E-state index in [2.05, 4.69) is 5.32 Å². The molecule has 0 bridgehead atoms. The van der Waals surface area contributed by atoms with Crippen LogP contribution in [0, 0.1) is 11.8 Å². The maximum atomic E-state index is 11.5. The zero-order valence-corrected chi connectivity index (χ0v) is 9.20. The Kier molecular flexibility index (Phi) is 5.20. The molecule has 0 saturated heterocycles. The van der Waals surface area contributed by atoms with E-state index >= 15 is 0 Å². The predicted octanol–water partition coefficient (Wildman–Crippen LogP) is 1.26. The summed E-state index contributed by atoms with van der Waals surface area (Å²) in [6, 6.07) is -0.760. The number of hydrogen-bond donors (Lipinski definition) is 2. The Morgan fingerprint density at radius 1 is 1.29 bits per heavy atom. The van der Waals surface area contributed by atoms with Crippen LogP contribution in [0.25, 0.3) is 0 Å². The highest BCUT2D eigenvalue weighted by atomic mass is 16.4. The number of carboxylic acids is 1. The van der Waals surface area contributed by atoms with Crippen LogP contribution in [-0.4, -0.2) is 23.0 Å². The van der Waals surface area contributed by atoms with Gasteiger partial charge >= 0.3 is 5.97 Å². The molecule has 0 aliphatic heterocycles. The lowest BCUT2D eigenvalue weighted by molar-refractivity contribution is -0.142. The maximum Gasteiger partial charge on any atom is 0.326 e. The van der Waals surface area contributed by atoms with Crippen molar-refractivity contribution >= 4 is 11.9 Å². The van der Waals surface area contributed by atoms with E-state index in [1.807, 2.05) is 13.8 Å². The lowest BCUT2D eigenvalue weighted by atomic mass is 9.97. The monoisotopic (exact) mass is 201 g/mol. The first-order chi connectivity index (χ1) is 6.40. The molecule has 0 rings (SSSR count). The standard InChI is InChI=1S/C10H19NO3/c1-5-8(10(13)14)11-9(12)7(4)6(2)3/h6-8H,5H2,1-4H3,(H,11,12)(H,13,14)/t7?,8-/m1/s1. The number of amides is 1. The van der Waals surface area contributed by atoms with Crippen molar-refractivity contribution in [3.63, 3.8) is 0 Å². The molecule has 0 aromatic carbocycles. The third-order valence-electron chi connectivity index (χ3n) is 2.44. The highest BCUT2D eigenvalue weighted by Gasteiger charge is 2.22. The second-order valence-electron chi connectivity index (χ2n) is 3.84. The van der Waals surface area contributed by atoms with Gasteiger partial charge in [0, 0.05) is 5.92 Å². The highest BCUT2D eigenvalue weighted by molar-refractivity contribution is 5.84. The van der Waals surface area contributed by atoms with E-state index in [1.54, 1.807) is 13.8 Å². The summed E-state index contributed by atoms with van der Waals surface area (Å²) in [6.45, 7) is 7.41. The quantitative estimate of drug-likeness (QED) is 0.703. The molecule has 2 atom stereocenters. The van der Waals surface area contributed by atoms with Crippen molar-refractivity contribution in [2.24, 2.45) is 11.8 Å². The molecule has 0 heterocycles. The fourth-order valence-corrected chi connectivity index (χ4v) is 0.944. The normalized spacial score (nSPS) is 14.9. The van der Waals surface area contributed by atoms with Crippen LogP contribution in [-0.2, 0) is 9.59 Å². The van der Waals surface area contributed by atoms with Gasteiger partial charge in [-0.15, -0.1) is 0 Å². The second kappa shape index (κ2) is 5.62. The predicted molar refractivity (Wildman–Crippen MR) is 53.9 cm³/mol. The van der Waals surface area contributed by atoms with E-state index < -0.39 is 12.0 Å². The third kappa shape index (κ3) is 3.77. The summed E-state index contributed by atoms with van der Waals surface area (Å²) in [5.74, 6) is -1.09. The van der Waals surface area contributed by atoms with E-state index in [-0.39, 0.29) is 17.7 Å². The lowest BCUT2D eigenvalue weighted by Crippen LogP contribution is -2.43. The average molecular weight is 201 g/mol. The first-order valence-corrected chi connectivity index (χ1v) is 4.93. The first-order valence-electron chi connectivity index (χ1n) is 4.93. The van der Waals surface area contributed by atoms with Crippen molar-refractivity contribution in [3.05, 3.63) is 0 Å². The fourth-order valence-electron chi connectivity index (χ4n) is 0.944. The summed E-state index contributed by atoms with van der Waals surface area (Å²) in [4.78, 5) is 22.1. The minimum Gasteiger partial charge on any atom is -0.480 e. The summed E-state index contributed by atoms with van der Waals surface area (Å²) in [7, 11) is 0. The van der Waals surface area contributed by atoms with Gasteiger partial charge in [-0.25, -0.2) is 4.79 Å². The fraction of sp³-hybridized carbons (Fsp3) is 0.800. The van der Waals surface area contributed by atoms with Crippen molar-refractivity contribution in [1.82, 2.24) is 5.32 Å². The molecule has 82 valence electrons. The van der Waals surface area contributed by atoms with Crippen molar-refractivity contribution in [2.75, 3.05) is 0 Å². The van der Waals surface area contributed by atoms with Crippen molar-refractivity contribution < 1.29 is 14.7 Å². The van der Waals surface area contributed by atoms with Gasteiger partial charge in [0.1, 0.15) is 6.04 Å². The molecule has 2 N–H and O–H groups in total. The van der Waals surface area contributed by atoms with Crippen LogP contribution in [0.4, 0.5) is 0 Å². The number of hydrogen-bond acceptors (Lipinski definition) is 2. The smallest absolute Gasteiger partial charge is 0.326 e. The van der Waals surface area contributed by atoms with Gasteiger partial charge in [-0.3, -0.25) is 4.79 Å². The summed E-state index contributed by atoms with van der Waals surface area (Å²) in [5.41, 5.74) is 0. The molecule has 0 aromatic heterocycles. The number of carbonyl (C=O) groups is 2. The average Bonchev–Trinajstić information content (AvgIpc) is 2.11. The Hall–Kier alpha value is -1.06. The van der Waals surface area contributed by atoms with Crippen molar-refractivity contribution in [1.29, 1.82) is 0 Å². The van der Waals surface area contributed by atoms with Crippen LogP contribution < -0.4 is 5.32 Å². The Balaban J connectivity index is 4.22. The van der Waals surface area contributed by atoms with E-state index in [0.29, 0.717) is 6.42 Å². The summed E-state index contributed by atoms with van der Waals surface area (Å²) < 4.78 is 0. The molecule has 0 aliphatic rings. The zero-order chi connectivity index (χ0) is 11.3. The minimum absolute atomic E-state index is 0.150. The van der Waals surface area contributed by atoms with Crippen LogP contribution >= 0.6 is 0 Å². The van der Waals surface area contributed by atoms with Crippen LogP contribution in [0.2, 0.25) is 0 Å². The molecule has 1 unspecified atom stereocenters. The Labute approximate surface area is 84.7 Å². The number of carboxylic acid groups (broad SMARTS) is 1. The van der Waals surface area contributed by atoms with Crippen molar-refractivity contribution in [3.8, 4) is 0 Å². The van der Waals surface area contributed by atoms with Gasteiger partial charge in [0.25, 0.3) is 0 Å². The maximum absolute atomic E-state index is 11.5. The minimum atomic E-state index is -0.975. The van der Waals surface area contributed by atoms with E-state index in [9.17, 15) is 9.59 Å². The molecule has 0 spiro atoms. The third-order valence-corrected chi connectivity index (χ3v) is 2.44. The Morgan fingerprint density at radius 2 is 1.79 bits per heavy atom. The van der Waals surface area contributed by atoms with Gasteiger partial charge < -0.3 is 10.4 Å². The number of rotatable bonds is 5. The van der Waals surface area contributed by atoms with Gasteiger partial charge in [0.05, 0.1) is 0 Å². The molecule has 0 aliphatic carbocycles. The number of nitrogens with one attached hydrogen (secondary N) is 1. The molecule has 4 heteroatoms. The molecule has 0 saturated carbocycles. The van der Waals surface area contributed by atoms with Crippen LogP contribution in [0.3, 0.4) is 0 Å². The second-order valence-corrected chi connectivity index (χ2v) is 3.84. The zero-order valence-electron chi connectivity index (χ0n) is 9.20. The topological polar surface area (TPSA) is 66.4 Å². The Morgan fingerprint density at radius 3 is 2.07 bits per heavy atom. The van der Waals surface area contributed by atoms with Crippen molar-refractivity contribution in [2.45, 2.75) is 40.2 Å². The summed E-state index contributed by atoms with van der Waals surface area (Å²) in [5, 5.41) is 11.2. The van der Waals surface area contributed by atoms with E-state index in [4.69, 9.17) is 5.11 Å². The number of carbonyl (C=O) groups excluding carboxylic acids is 1. The first kappa shape index (κ1) is 12.9. The summed E-state index contributed by atoms with van der Waals surface area (Å²) in [6.07, 6.45) is 0.409. The van der Waals surface area contributed by atoms with Gasteiger partial charge in [0.15, 0.2) is 0 Å². The summed E-state index contributed by atoms with van der Waals surface area (Å²) >= 11 is 0. The molecule has 14 heavy (non-hydrogen) atoms. The molecule has 0 radical (unpaired) electrons. The van der Waals surface area contributed by atoms with E-state index in [0.717, 1.165) is 0 Å². The lowest BCUT2D eigenvalue weighted by Gasteiger charge is -2.18. The van der Waals surface area contributed by atoms with E-state index in [1.165, 1.54) is 0 Å². The number of aliphatic carboxylic acids is 1. The molecule has 1 amide bonds. The van der Waals surface area contributed by atoms with Crippen LogP contribution in [0.15, 0.2) is 0 Å². The van der Waals surface area contributed by atoms with Gasteiger partial charge in [-0.1, -0.05) is 27.7 Å². The molecule has 4 nitrogen and oxygen atoms in total. The highest BCUT2D eigenvalue weighted by Crippen LogP contribution is 2.09. The largest absolute Gasteiger partial charge is 0.480 e. The molecular weight excluding hydrogens is 182 g/mol.